The lowest BCUT2D eigenvalue weighted by atomic mass is 10.1. The van der Waals surface area contributed by atoms with Crippen LogP contribution in [0.1, 0.15) is 29.2 Å². The van der Waals surface area contributed by atoms with Gasteiger partial charge in [0, 0.05) is 43.9 Å². The molecule has 0 saturated heterocycles. The molecule has 0 fully saturated rings. The molecule has 3 rings (SSSR count). The summed E-state index contributed by atoms with van der Waals surface area (Å²) in [4.78, 5) is 21.0. The number of nitrogens with zero attached hydrogens (tertiary/aromatic N) is 4. The summed E-state index contributed by atoms with van der Waals surface area (Å²) in [6.45, 7) is 4.55. The SMILES string of the molecule is Cc1nn(C)c(C)c1CCC(=O)NCCc1nccc(-c2ccccc2)n1. The molecule has 140 valence electrons. The van der Waals surface area contributed by atoms with Crippen LogP contribution in [0.15, 0.2) is 42.6 Å². The maximum Gasteiger partial charge on any atom is 0.220 e. The lowest BCUT2D eigenvalue weighted by molar-refractivity contribution is -0.121. The van der Waals surface area contributed by atoms with E-state index in [-0.39, 0.29) is 5.91 Å². The first-order valence-electron chi connectivity index (χ1n) is 9.17. The molecule has 1 N–H and O–H groups in total. The molecule has 0 bridgehead atoms. The molecule has 0 saturated carbocycles. The molecule has 0 radical (unpaired) electrons. The average molecular weight is 363 g/mol. The van der Waals surface area contributed by atoms with Crippen LogP contribution in [0.3, 0.4) is 0 Å². The summed E-state index contributed by atoms with van der Waals surface area (Å²) < 4.78 is 1.86. The summed E-state index contributed by atoms with van der Waals surface area (Å²) in [7, 11) is 1.93. The van der Waals surface area contributed by atoms with E-state index in [2.05, 4.69) is 20.4 Å². The Morgan fingerprint density at radius 3 is 2.59 bits per heavy atom. The minimum atomic E-state index is 0.0388. The van der Waals surface area contributed by atoms with Crippen molar-refractivity contribution in [3.05, 3.63) is 65.4 Å². The Kier molecular flexibility index (Phi) is 5.96. The van der Waals surface area contributed by atoms with Crippen molar-refractivity contribution in [3.63, 3.8) is 0 Å². The van der Waals surface area contributed by atoms with Crippen molar-refractivity contribution in [2.75, 3.05) is 6.54 Å². The quantitative estimate of drug-likeness (QED) is 0.701. The summed E-state index contributed by atoms with van der Waals surface area (Å²) >= 11 is 0. The van der Waals surface area contributed by atoms with Crippen LogP contribution in [-0.4, -0.2) is 32.2 Å². The zero-order valence-electron chi connectivity index (χ0n) is 16.1. The van der Waals surface area contributed by atoms with Gasteiger partial charge in [-0.1, -0.05) is 30.3 Å². The van der Waals surface area contributed by atoms with Crippen LogP contribution in [-0.2, 0) is 24.7 Å². The molecule has 1 aromatic carbocycles. The standard InChI is InChI=1S/C21H25N5O/c1-15-18(16(2)26(3)25-15)9-10-21(27)23-14-12-20-22-13-11-19(24-20)17-7-5-4-6-8-17/h4-8,11,13H,9-10,12,14H2,1-3H3,(H,23,27). The fourth-order valence-electron chi connectivity index (χ4n) is 3.11. The van der Waals surface area contributed by atoms with Crippen molar-refractivity contribution >= 4 is 5.91 Å². The van der Waals surface area contributed by atoms with Crippen LogP contribution in [0.2, 0.25) is 0 Å². The van der Waals surface area contributed by atoms with Gasteiger partial charge in [0.15, 0.2) is 0 Å². The fourth-order valence-corrected chi connectivity index (χ4v) is 3.11. The lowest BCUT2D eigenvalue weighted by Crippen LogP contribution is -2.26. The van der Waals surface area contributed by atoms with Crippen LogP contribution in [0.4, 0.5) is 0 Å². The molecule has 2 heterocycles. The van der Waals surface area contributed by atoms with Gasteiger partial charge < -0.3 is 5.32 Å². The molecular weight excluding hydrogens is 338 g/mol. The third-order valence-electron chi connectivity index (χ3n) is 4.71. The van der Waals surface area contributed by atoms with Crippen LogP contribution in [0.5, 0.6) is 0 Å². The number of nitrogens with one attached hydrogen (secondary N) is 1. The Balaban J connectivity index is 1.49. The summed E-state index contributed by atoms with van der Waals surface area (Å²) in [6.07, 6.45) is 3.54. The highest BCUT2D eigenvalue weighted by Gasteiger charge is 2.11. The van der Waals surface area contributed by atoms with Gasteiger partial charge >= 0.3 is 0 Å². The van der Waals surface area contributed by atoms with E-state index in [0.29, 0.717) is 25.8 Å². The second-order valence-corrected chi connectivity index (χ2v) is 6.60. The van der Waals surface area contributed by atoms with Gasteiger partial charge in [0.1, 0.15) is 5.82 Å². The number of hydrogen-bond acceptors (Lipinski definition) is 4. The second-order valence-electron chi connectivity index (χ2n) is 6.60. The molecule has 0 atom stereocenters. The van der Waals surface area contributed by atoms with Gasteiger partial charge in [0.05, 0.1) is 11.4 Å². The van der Waals surface area contributed by atoms with Crippen molar-refractivity contribution in [3.8, 4) is 11.3 Å². The Hall–Kier alpha value is -3.02. The molecule has 0 spiro atoms. The number of amides is 1. The maximum absolute atomic E-state index is 12.1. The third kappa shape index (κ3) is 4.78. The number of carbonyl (C=O) groups excluding carboxylic acids is 1. The molecule has 0 aliphatic rings. The van der Waals surface area contributed by atoms with E-state index in [9.17, 15) is 4.79 Å². The van der Waals surface area contributed by atoms with Crippen LogP contribution in [0, 0.1) is 13.8 Å². The van der Waals surface area contributed by atoms with Crippen molar-refractivity contribution in [1.82, 2.24) is 25.1 Å². The zero-order chi connectivity index (χ0) is 19.2. The Morgan fingerprint density at radius 2 is 1.89 bits per heavy atom. The van der Waals surface area contributed by atoms with E-state index in [4.69, 9.17) is 0 Å². The minimum absolute atomic E-state index is 0.0388. The van der Waals surface area contributed by atoms with Gasteiger partial charge in [-0.2, -0.15) is 5.10 Å². The van der Waals surface area contributed by atoms with E-state index in [0.717, 1.165) is 34.0 Å². The van der Waals surface area contributed by atoms with Gasteiger partial charge in [0.25, 0.3) is 0 Å². The van der Waals surface area contributed by atoms with Crippen molar-refractivity contribution in [1.29, 1.82) is 0 Å². The summed E-state index contributed by atoms with van der Waals surface area (Å²) in [5, 5.41) is 7.35. The molecule has 3 aromatic rings. The van der Waals surface area contributed by atoms with E-state index >= 15 is 0 Å². The number of aromatic nitrogens is 4. The number of carbonyl (C=O) groups is 1. The Bertz CT molecular complexity index is 918. The number of aryl methyl sites for hydroxylation is 2. The largest absolute Gasteiger partial charge is 0.356 e. The van der Waals surface area contributed by atoms with Gasteiger partial charge in [-0.05, 0) is 31.9 Å². The van der Waals surface area contributed by atoms with Crippen LogP contribution < -0.4 is 5.32 Å². The summed E-state index contributed by atoms with van der Waals surface area (Å²) in [6, 6.07) is 11.9. The number of benzene rings is 1. The Morgan fingerprint density at radius 1 is 1.11 bits per heavy atom. The predicted molar refractivity (Wildman–Crippen MR) is 105 cm³/mol. The molecule has 27 heavy (non-hydrogen) atoms. The van der Waals surface area contributed by atoms with Gasteiger partial charge in [-0.15, -0.1) is 0 Å². The van der Waals surface area contributed by atoms with E-state index in [1.54, 1.807) is 6.20 Å². The summed E-state index contributed by atoms with van der Waals surface area (Å²) in [5.74, 6) is 0.771. The first-order chi connectivity index (χ1) is 13.0. The van der Waals surface area contributed by atoms with E-state index < -0.39 is 0 Å². The summed E-state index contributed by atoms with van der Waals surface area (Å²) in [5.41, 5.74) is 5.23. The number of rotatable bonds is 7. The smallest absolute Gasteiger partial charge is 0.220 e. The molecule has 0 unspecified atom stereocenters. The van der Waals surface area contributed by atoms with E-state index in [1.807, 2.05) is 62.0 Å². The predicted octanol–water partition coefficient (Wildman–Crippen LogP) is 2.79. The highest BCUT2D eigenvalue weighted by Crippen LogP contribution is 2.16. The third-order valence-corrected chi connectivity index (χ3v) is 4.71. The van der Waals surface area contributed by atoms with Gasteiger partial charge in [0.2, 0.25) is 5.91 Å². The highest BCUT2D eigenvalue weighted by molar-refractivity contribution is 5.76. The topological polar surface area (TPSA) is 72.7 Å². The molecule has 6 heteroatoms. The van der Waals surface area contributed by atoms with Crippen molar-refractivity contribution in [2.45, 2.75) is 33.1 Å². The molecule has 1 amide bonds. The van der Waals surface area contributed by atoms with E-state index in [1.165, 1.54) is 0 Å². The zero-order valence-corrected chi connectivity index (χ0v) is 16.1. The van der Waals surface area contributed by atoms with Crippen LogP contribution >= 0.6 is 0 Å². The van der Waals surface area contributed by atoms with Crippen molar-refractivity contribution in [2.24, 2.45) is 7.05 Å². The normalized spacial score (nSPS) is 10.8. The molecule has 6 nitrogen and oxygen atoms in total. The molecule has 0 aliphatic heterocycles. The molecular formula is C21H25N5O. The fraction of sp³-hybridized carbons (Fsp3) is 0.333. The lowest BCUT2D eigenvalue weighted by Gasteiger charge is -2.07. The Labute approximate surface area is 159 Å². The highest BCUT2D eigenvalue weighted by atomic mass is 16.1. The molecule has 2 aromatic heterocycles. The van der Waals surface area contributed by atoms with Crippen LogP contribution in [0.25, 0.3) is 11.3 Å². The average Bonchev–Trinajstić information content (AvgIpc) is 2.92. The minimum Gasteiger partial charge on any atom is -0.356 e. The van der Waals surface area contributed by atoms with Gasteiger partial charge in [-0.3, -0.25) is 9.48 Å². The van der Waals surface area contributed by atoms with Crippen molar-refractivity contribution < 1.29 is 4.79 Å². The molecule has 0 aliphatic carbocycles. The van der Waals surface area contributed by atoms with Gasteiger partial charge in [-0.25, -0.2) is 9.97 Å². The first kappa shape index (κ1) is 18.8. The first-order valence-corrected chi connectivity index (χ1v) is 9.17. The monoisotopic (exact) mass is 363 g/mol. The maximum atomic E-state index is 12.1. The second kappa shape index (κ2) is 8.58. The number of hydrogen-bond donors (Lipinski definition) is 1.